The fourth-order valence-electron chi connectivity index (χ4n) is 2.99. The molecule has 1 saturated heterocycles. The van der Waals surface area contributed by atoms with Crippen LogP contribution in [0.1, 0.15) is 23.5 Å². The molecular formula is C18H19NO2. The Bertz CT molecular complexity index is 651. The van der Waals surface area contributed by atoms with Gasteiger partial charge in [-0.15, -0.1) is 0 Å². The van der Waals surface area contributed by atoms with E-state index in [1.54, 1.807) is 7.11 Å². The normalized spacial score (nSPS) is 17.8. The minimum absolute atomic E-state index is 0.139. The summed E-state index contributed by atoms with van der Waals surface area (Å²) in [6.07, 6.45) is 0.573. The number of benzene rings is 2. The summed E-state index contributed by atoms with van der Waals surface area (Å²) in [4.78, 5) is 11.5. The van der Waals surface area contributed by atoms with Crippen molar-refractivity contribution >= 4 is 5.91 Å². The van der Waals surface area contributed by atoms with Crippen molar-refractivity contribution < 1.29 is 9.53 Å². The van der Waals surface area contributed by atoms with Crippen LogP contribution in [-0.4, -0.2) is 19.6 Å². The fraction of sp³-hybridized carbons (Fsp3) is 0.278. The number of hydrogen-bond acceptors (Lipinski definition) is 2. The molecular weight excluding hydrogens is 262 g/mol. The maximum atomic E-state index is 11.5. The molecule has 0 spiro atoms. The second-order valence-electron chi connectivity index (χ2n) is 5.38. The predicted molar refractivity (Wildman–Crippen MR) is 83.0 cm³/mol. The van der Waals surface area contributed by atoms with Gasteiger partial charge in [0.2, 0.25) is 5.91 Å². The van der Waals surface area contributed by atoms with Gasteiger partial charge in [-0.25, -0.2) is 0 Å². The number of carbonyl (C=O) groups excluding carboxylic acids is 1. The van der Waals surface area contributed by atoms with E-state index >= 15 is 0 Å². The third kappa shape index (κ3) is 2.83. The van der Waals surface area contributed by atoms with Gasteiger partial charge in [-0.1, -0.05) is 48.5 Å². The van der Waals surface area contributed by atoms with E-state index in [1.165, 1.54) is 22.3 Å². The van der Waals surface area contributed by atoms with Crippen molar-refractivity contribution in [2.45, 2.75) is 18.9 Å². The fourth-order valence-corrected chi connectivity index (χ4v) is 2.99. The molecule has 108 valence electrons. The second-order valence-corrected chi connectivity index (χ2v) is 5.38. The molecule has 3 heteroatoms. The quantitative estimate of drug-likeness (QED) is 0.935. The average Bonchev–Trinajstić information content (AvgIpc) is 2.95. The van der Waals surface area contributed by atoms with E-state index in [-0.39, 0.29) is 11.8 Å². The number of methoxy groups -OCH3 is 1. The summed E-state index contributed by atoms with van der Waals surface area (Å²) < 4.78 is 5.31. The minimum Gasteiger partial charge on any atom is -0.380 e. The molecule has 2 aromatic carbocycles. The Kier molecular flexibility index (Phi) is 4.02. The number of amides is 1. The standard InChI is InChI=1S/C18H19NO2/c1-21-12-13-6-2-3-7-15(13)17-9-5-4-8-16(17)14-10-18(20)19-11-14/h2-9,14H,10-12H2,1H3,(H,19,20). The minimum atomic E-state index is 0.139. The smallest absolute Gasteiger partial charge is 0.220 e. The van der Waals surface area contributed by atoms with Crippen LogP contribution in [-0.2, 0) is 16.1 Å². The van der Waals surface area contributed by atoms with Gasteiger partial charge in [0, 0.05) is 26.0 Å². The summed E-state index contributed by atoms with van der Waals surface area (Å²) in [6.45, 7) is 1.31. The summed E-state index contributed by atoms with van der Waals surface area (Å²) in [5, 5.41) is 2.92. The Morgan fingerprint density at radius 2 is 1.81 bits per heavy atom. The zero-order chi connectivity index (χ0) is 14.7. The van der Waals surface area contributed by atoms with Crippen LogP contribution in [0.3, 0.4) is 0 Å². The van der Waals surface area contributed by atoms with Crippen LogP contribution < -0.4 is 5.32 Å². The molecule has 1 atom stereocenters. The lowest BCUT2D eigenvalue weighted by Crippen LogP contribution is -2.13. The van der Waals surface area contributed by atoms with Crippen LogP contribution in [0.25, 0.3) is 11.1 Å². The highest BCUT2D eigenvalue weighted by atomic mass is 16.5. The molecule has 0 radical (unpaired) electrons. The van der Waals surface area contributed by atoms with Gasteiger partial charge in [-0.2, -0.15) is 0 Å². The van der Waals surface area contributed by atoms with E-state index in [1.807, 2.05) is 24.3 Å². The Balaban J connectivity index is 2.05. The SMILES string of the molecule is COCc1ccccc1-c1ccccc1C1CNC(=O)C1. The number of ether oxygens (including phenoxy) is 1. The summed E-state index contributed by atoms with van der Waals surface area (Å²) >= 11 is 0. The third-order valence-electron chi connectivity index (χ3n) is 3.99. The van der Waals surface area contributed by atoms with Gasteiger partial charge in [-0.3, -0.25) is 4.79 Å². The molecule has 1 fully saturated rings. The molecule has 0 aliphatic carbocycles. The molecule has 3 rings (SSSR count). The lowest BCUT2D eigenvalue weighted by atomic mass is 9.88. The van der Waals surface area contributed by atoms with E-state index in [2.05, 4.69) is 29.6 Å². The Labute approximate surface area is 124 Å². The van der Waals surface area contributed by atoms with E-state index in [0.717, 1.165) is 6.54 Å². The van der Waals surface area contributed by atoms with Crippen LogP contribution in [0.15, 0.2) is 48.5 Å². The molecule has 1 unspecified atom stereocenters. The number of carbonyl (C=O) groups is 1. The van der Waals surface area contributed by atoms with Crippen molar-refractivity contribution in [3.05, 3.63) is 59.7 Å². The van der Waals surface area contributed by atoms with E-state index in [9.17, 15) is 4.79 Å². The maximum Gasteiger partial charge on any atom is 0.220 e. The van der Waals surface area contributed by atoms with Crippen LogP contribution >= 0.6 is 0 Å². The molecule has 1 aliphatic heterocycles. The summed E-state index contributed by atoms with van der Waals surface area (Å²) in [7, 11) is 1.71. The lowest BCUT2D eigenvalue weighted by Gasteiger charge is -2.16. The molecule has 0 saturated carbocycles. The number of hydrogen-bond donors (Lipinski definition) is 1. The van der Waals surface area contributed by atoms with E-state index < -0.39 is 0 Å². The molecule has 2 aromatic rings. The van der Waals surface area contributed by atoms with Crippen LogP contribution in [0, 0.1) is 0 Å². The molecule has 1 aliphatic rings. The highest BCUT2D eigenvalue weighted by Crippen LogP contribution is 2.34. The van der Waals surface area contributed by atoms with Crippen LogP contribution in [0.4, 0.5) is 0 Å². The lowest BCUT2D eigenvalue weighted by molar-refractivity contribution is -0.119. The van der Waals surface area contributed by atoms with Crippen molar-refractivity contribution in [1.29, 1.82) is 0 Å². The molecule has 0 aromatic heterocycles. The first kappa shape index (κ1) is 13.8. The monoisotopic (exact) mass is 281 g/mol. The zero-order valence-corrected chi connectivity index (χ0v) is 12.1. The molecule has 0 bridgehead atoms. The summed E-state index contributed by atoms with van der Waals surface area (Å²) in [5.41, 5.74) is 4.80. The van der Waals surface area contributed by atoms with E-state index in [0.29, 0.717) is 13.0 Å². The second kappa shape index (κ2) is 6.10. The van der Waals surface area contributed by atoms with Gasteiger partial charge in [0.25, 0.3) is 0 Å². The third-order valence-corrected chi connectivity index (χ3v) is 3.99. The van der Waals surface area contributed by atoms with Crippen molar-refractivity contribution in [3.8, 4) is 11.1 Å². The van der Waals surface area contributed by atoms with Crippen molar-refractivity contribution in [3.63, 3.8) is 0 Å². The van der Waals surface area contributed by atoms with Gasteiger partial charge in [0.05, 0.1) is 6.61 Å². The first-order valence-corrected chi connectivity index (χ1v) is 7.22. The van der Waals surface area contributed by atoms with E-state index in [4.69, 9.17) is 4.74 Å². The molecule has 1 amide bonds. The summed E-state index contributed by atoms with van der Waals surface area (Å²) in [6, 6.07) is 16.6. The van der Waals surface area contributed by atoms with Crippen LogP contribution in [0.2, 0.25) is 0 Å². The molecule has 1 heterocycles. The molecule has 3 nitrogen and oxygen atoms in total. The van der Waals surface area contributed by atoms with Crippen LogP contribution in [0.5, 0.6) is 0 Å². The number of rotatable bonds is 4. The van der Waals surface area contributed by atoms with Gasteiger partial charge in [-0.05, 0) is 22.3 Å². The highest BCUT2D eigenvalue weighted by Gasteiger charge is 2.25. The van der Waals surface area contributed by atoms with Gasteiger partial charge in [0.1, 0.15) is 0 Å². The van der Waals surface area contributed by atoms with Crippen molar-refractivity contribution in [2.75, 3.05) is 13.7 Å². The Morgan fingerprint density at radius 3 is 2.52 bits per heavy atom. The van der Waals surface area contributed by atoms with Gasteiger partial charge >= 0.3 is 0 Å². The predicted octanol–water partition coefficient (Wildman–Crippen LogP) is 3.10. The largest absolute Gasteiger partial charge is 0.380 e. The highest BCUT2D eigenvalue weighted by molar-refractivity contribution is 5.81. The van der Waals surface area contributed by atoms with Crippen molar-refractivity contribution in [1.82, 2.24) is 5.32 Å². The maximum absolute atomic E-state index is 11.5. The average molecular weight is 281 g/mol. The molecule has 1 N–H and O–H groups in total. The summed E-state index contributed by atoms with van der Waals surface area (Å²) in [5.74, 6) is 0.393. The van der Waals surface area contributed by atoms with Gasteiger partial charge < -0.3 is 10.1 Å². The number of nitrogens with one attached hydrogen (secondary N) is 1. The first-order chi connectivity index (χ1) is 10.3. The van der Waals surface area contributed by atoms with Gasteiger partial charge in [0.15, 0.2) is 0 Å². The molecule has 21 heavy (non-hydrogen) atoms. The first-order valence-electron chi connectivity index (χ1n) is 7.22. The Morgan fingerprint density at radius 1 is 1.10 bits per heavy atom. The zero-order valence-electron chi connectivity index (χ0n) is 12.1. The Hall–Kier alpha value is -2.13. The van der Waals surface area contributed by atoms with Crippen molar-refractivity contribution in [2.24, 2.45) is 0 Å². The topological polar surface area (TPSA) is 38.3 Å².